The topological polar surface area (TPSA) is 29.5 Å². The predicted octanol–water partition coefficient (Wildman–Crippen LogP) is 1.04. The first-order valence-corrected chi connectivity index (χ1v) is 3.23. The van der Waals surface area contributed by atoms with Crippen LogP contribution in [0.2, 0.25) is 0 Å². The molecule has 9 heavy (non-hydrogen) atoms. The van der Waals surface area contributed by atoms with Crippen molar-refractivity contribution in [1.82, 2.24) is 0 Å². The van der Waals surface area contributed by atoms with Gasteiger partial charge in [0.25, 0.3) is 0 Å². The second-order valence-corrected chi connectivity index (χ2v) is 2.83. The van der Waals surface area contributed by atoms with Crippen LogP contribution in [0, 0.1) is 5.92 Å². The molecule has 0 aliphatic heterocycles. The molecule has 0 heterocycles. The number of hydrogen-bond acceptors (Lipinski definition) is 2. The van der Waals surface area contributed by atoms with Gasteiger partial charge >= 0.3 is 0 Å². The van der Waals surface area contributed by atoms with Crippen LogP contribution in [0.1, 0.15) is 20.8 Å². The van der Waals surface area contributed by atoms with Crippen molar-refractivity contribution in [2.45, 2.75) is 26.4 Å². The molecule has 0 bridgehead atoms. The highest BCUT2D eigenvalue weighted by Gasteiger charge is 2.26. The first-order chi connectivity index (χ1) is 4.06. The van der Waals surface area contributed by atoms with Crippen LogP contribution >= 0.6 is 0 Å². The summed E-state index contributed by atoms with van der Waals surface area (Å²) in [6, 6.07) is 0. The lowest BCUT2D eigenvalue weighted by Crippen LogP contribution is -2.37. The largest absolute Gasteiger partial charge is 0.393 e. The van der Waals surface area contributed by atoms with Crippen LogP contribution in [-0.2, 0) is 4.74 Å². The average Bonchev–Trinajstić information content (AvgIpc) is 1.86. The highest BCUT2D eigenvalue weighted by atomic mass is 16.5. The van der Waals surface area contributed by atoms with Crippen LogP contribution in [0.5, 0.6) is 0 Å². The molecule has 1 unspecified atom stereocenters. The van der Waals surface area contributed by atoms with Crippen molar-refractivity contribution >= 4 is 0 Å². The van der Waals surface area contributed by atoms with Gasteiger partial charge in [-0.3, -0.25) is 0 Å². The minimum atomic E-state index is -0.361. The lowest BCUT2D eigenvalue weighted by atomic mass is 9.93. The molecule has 0 rings (SSSR count). The molecule has 0 spiro atoms. The Morgan fingerprint density at radius 2 is 2.00 bits per heavy atom. The van der Waals surface area contributed by atoms with Crippen molar-refractivity contribution in [2.75, 3.05) is 13.7 Å². The molecule has 0 aromatic rings. The molecule has 0 aliphatic rings. The Bertz CT molecular complexity index is 75.0. The minimum absolute atomic E-state index is 0.0845. The number of rotatable bonds is 3. The Balaban J connectivity index is 3.92. The lowest BCUT2D eigenvalue weighted by molar-refractivity contribution is -0.0697. The summed E-state index contributed by atoms with van der Waals surface area (Å²) in [5.41, 5.74) is -0.361. The van der Waals surface area contributed by atoms with Crippen LogP contribution < -0.4 is 0 Å². The van der Waals surface area contributed by atoms with Gasteiger partial charge < -0.3 is 9.84 Å². The molecule has 1 N–H and O–H groups in total. The summed E-state index contributed by atoms with van der Waals surface area (Å²) in [7, 11) is 1.62. The maximum atomic E-state index is 8.83. The first-order valence-electron chi connectivity index (χ1n) is 3.23. The molecule has 0 radical (unpaired) electrons. The Kier molecular flexibility index (Phi) is 3.15. The average molecular weight is 132 g/mol. The van der Waals surface area contributed by atoms with Gasteiger partial charge in [0.15, 0.2) is 0 Å². The molecular formula is C7H16O2. The normalized spacial score (nSPS) is 18.0. The monoisotopic (exact) mass is 132 g/mol. The molecule has 2 nitrogen and oxygen atoms in total. The van der Waals surface area contributed by atoms with Crippen molar-refractivity contribution in [1.29, 1.82) is 0 Å². The quantitative estimate of drug-likeness (QED) is 0.621. The van der Waals surface area contributed by atoms with Crippen LogP contribution in [0.15, 0.2) is 0 Å². The van der Waals surface area contributed by atoms with Crippen molar-refractivity contribution < 1.29 is 9.84 Å². The van der Waals surface area contributed by atoms with E-state index in [1.807, 2.05) is 20.8 Å². The van der Waals surface area contributed by atoms with E-state index in [0.717, 1.165) is 0 Å². The first kappa shape index (κ1) is 8.92. The van der Waals surface area contributed by atoms with Crippen LogP contribution in [-0.4, -0.2) is 24.4 Å². The maximum absolute atomic E-state index is 8.83. The van der Waals surface area contributed by atoms with Gasteiger partial charge in [-0.15, -0.1) is 0 Å². The van der Waals surface area contributed by atoms with Gasteiger partial charge in [0, 0.05) is 7.11 Å². The summed E-state index contributed by atoms with van der Waals surface area (Å²) in [4.78, 5) is 0. The SMILES string of the molecule is COC(C)(CO)C(C)C. The van der Waals surface area contributed by atoms with Crippen molar-refractivity contribution in [3.63, 3.8) is 0 Å². The molecule has 0 aliphatic carbocycles. The molecule has 0 amide bonds. The number of hydrogen-bond donors (Lipinski definition) is 1. The number of aliphatic hydroxyl groups is 1. The number of methoxy groups -OCH3 is 1. The molecule has 0 aromatic carbocycles. The summed E-state index contributed by atoms with van der Waals surface area (Å²) < 4.78 is 5.10. The smallest absolute Gasteiger partial charge is 0.0903 e. The Morgan fingerprint density at radius 3 is 2.00 bits per heavy atom. The third-order valence-electron chi connectivity index (χ3n) is 2.00. The molecule has 56 valence electrons. The van der Waals surface area contributed by atoms with E-state index in [2.05, 4.69) is 0 Å². The van der Waals surface area contributed by atoms with Crippen molar-refractivity contribution in [3.05, 3.63) is 0 Å². The molecule has 0 fully saturated rings. The van der Waals surface area contributed by atoms with Crippen molar-refractivity contribution in [3.8, 4) is 0 Å². The van der Waals surface area contributed by atoms with Gasteiger partial charge in [0.1, 0.15) is 0 Å². The molecule has 0 saturated heterocycles. The summed E-state index contributed by atoms with van der Waals surface area (Å²) in [5, 5.41) is 8.83. The summed E-state index contributed by atoms with van der Waals surface area (Å²) in [6.45, 7) is 6.04. The van der Waals surface area contributed by atoms with E-state index in [4.69, 9.17) is 9.84 Å². The minimum Gasteiger partial charge on any atom is -0.393 e. The predicted molar refractivity (Wildman–Crippen MR) is 37.3 cm³/mol. The zero-order chi connectivity index (χ0) is 7.49. The zero-order valence-corrected chi connectivity index (χ0v) is 6.64. The van der Waals surface area contributed by atoms with E-state index in [1.54, 1.807) is 7.11 Å². The second-order valence-electron chi connectivity index (χ2n) is 2.83. The van der Waals surface area contributed by atoms with E-state index >= 15 is 0 Å². The van der Waals surface area contributed by atoms with Crippen LogP contribution in [0.4, 0.5) is 0 Å². The van der Waals surface area contributed by atoms with E-state index in [9.17, 15) is 0 Å². The fourth-order valence-electron chi connectivity index (χ4n) is 0.483. The summed E-state index contributed by atoms with van der Waals surface area (Å²) in [5.74, 6) is 0.354. The van der Waals surface area contributed by atoms with E-state index in [-0.39, 0.29) is 12.2 Å². The molecule has 0 aromatic heterocycles. The van der Waals surface area contributed by atoms with Gasteiger partial charge in [0.05, 0.1) is 12.2 Å². The second kappa shape index (κ2) is 3.18. The highest BCUT2D eigenvalue weighted by Crippen LogP contribution is 2.18. The Hall–Kier alpha value is -0.0800. The standard InChI is InChI=1S/C7H16O2/c1-6(2)7(3,5-8)9-4/h6,8H,5H2,1-4H3. The Morgan fingerprint density at radius 1 is 1.56 bits per heavy atom. The summed E-state index contributed by atoms with van der Waals surface area (Å²) >= 11 is 0. The van der Waals surface area contributed by atoms with Crippen molar-refractivity contribution in [2.24, 2.45) is 5.92 Å². The molecule has 2 heteroatoms. The number of aliphatic hydroxyl groups excluding tert-OH is 1. The molecule has 1 atom stereocenters. The zero-order valence-electron chi connectivity index (χ0n) is 6.64. The lowest BCUT2D eigenvalue weighted by Gasteiger charge is -2.29. The van der Waals surface area contributed by atoms with Gasteiger partial charge in [-0.05, 0) is 12.8 Å². The fourth-order valence-corrected chi connectivity index (χ4v) is 0.483. The van der Waals surface area contributed by atoms with Gasteiger partial charge in [-0.2, -0.15) is 0 Å². The van der Waals surface area contributed by atoms with Crippen LogP contribution in [0.25, 0.3) is 0 Å². The summed E-state index contributed by atoms with van der Waals surface area (Å²) in [6.07, 6.45) is 0. The molecule has 0 saturated carbocycles. The molecular weight excluding hydrogens is 116 g/mol. The fraction of sp³-hybridized carbons (Fsp3) is 1.00. The maximum Gasteiger partial charge on any atom is 0.0903 e. The third-order valence-corrected chi connectivity index (χ3v) is 2.00. The van der Waals surface area contributed by atoms with E-state index in [0.29, 0.717) is 5.92 Å². The third kappa shape index (κ3) is 1.95. The van der Waals surface area contributed by atoms with E-state index < -0.39 is 0 Å². The van der Waals surface area contributed by atoms with Crippen LogP contribution in [0.3, 0.4) is 0 Å². The van der Waals surface area contributed by atoms with Gasteiger partial charge in [-0.1, -0.05) is 13.8 Å². The number of ether oxygens (including phenoxy) is 1. The highest BCUT2D eigenvalue weighted by molar-refractivity contribution is 4.76. The van der Waals surface area contributed by atoms with E-state index in [1.165, 1.54) is 0 Å². The van der Waals surface area contributed by atoms with Gasteiger partial charge in [0.2, 0.25) is 0 Å². The van der Waals surface area contributed by atoms with Gasteiger partial charge in [-0.25, -0.2) is 0 Å². The Labute approximate surface area is 56.8 Å².